The molecule has 1 N–H and O–H groups in total. The Morgan fingerprint density at radius 1 is 1.15 bits per heavy atom. The first-order valence-electron chi connectivity index (χ1n) is 9.08. The predicted molar refractivity (Wildman–Crippen MR) is 106 cm³/mol. The number of nitrogens with one attached hydrogen (secondary N) is 1. The van der Waals surface area contributed by atoms with E-state index in [4.69, 9.17) is 0 Å². The standard InChI is InChI=1S/C20H20N4O2S/c1-13-12-16(25)18(23-24(13)14-8-4-2-5-9-14)19(26)22-20-21-15-10-6-3-7-11-17(15)27-20/h2,4-5,8-9,12H,3,6-7,10-11H2,1H3,(H,21,22,26). The Kier molecular flexibility index (Phi) is 4.85. The summed E-state index contributed by atoms with van der Waals surface area (Å²) >= 11 is 1.50. The normalized spacial score (nSPS) is 13.7. The van der Waals surface area contributed by atoms with Crippen LogP contribution >= 0.6 is 11.3 Å². The average Bonchev–Trinajstić information content (AvgIpc) is 2.90. The summed E-state index contributed by atoms with van der Waals surface area (Å²) in [4.78, 5) is 30.8. The van der Waals surface area contributed by atoms with E-state index >= 15 is 0 Å². The van der Waals surface area contributed by atoms with Crippen LogP contribution in [0.5, 0.6) is 0 Å². The molecule has 0 saturated heterocycles. The molecular formula is C20H20N4O2S. The number of amides is 1. The molecule has 2 heterocycles. The van der Waals surface area contributed by atoms with Crippen molar-refractivity contribution in [1.29, 1.82) is 0 Å². The Morgan fingerprint density at radius 3 is 2.74 bits per heavy atom. The number of fused-ring (bicyclic) bond motifs is 1. The molecule has 0 atom stereocenters. The number of hydrogen-bond donors (Lipinski definition) is 1. The van der Waals surface area contributed by atoms with Crippen molar-refractivity contribution in [2.75, 3.05) is 5.32 Å². The van der Waals surface area contributed by atoms with Crippen LogP contribution in [-0.2, 0) is 12.8 Å². The number of thiazole rings is 1. The SMILES string of the molecule is Cc1cc(=O)c(C(=O)Nc2nc3c(s2)CCCCC3)nn1-c1ccccc1. The highest BCUT2D eigenvalue weighted by Gasteiger charge is 2.19. The molecule has 0 unspecified atom stereocenters. The summed E-state index contributed by atoms with van der Waals surface area (Å²) in [5, 5.41) is 7.61. The first-order valence-corrected chi connectivity index (χ1v) is 9.90. The number of hydrogen-bond acceptors (Lipinski definition) is 5. The van der Waals surface area contributed by atoms with Gasteiger partial charge in [-0.2, -0.15) is 5.10 Å². The lowest BCUT2D eigenvalue weighted by molar-refractivity contribution is 0.101. The number of para-hydroxylation sites is 1. The molecule has 27 heavy (non-hydrogen) atoms. The molecule has 6 nitrogen and oxygen atoms in total. The van der Waals surface area contributed by atoms with Crippen LogP contribution in [0.15, 0.2) is 41.2 Å². The maximum atomic E-state index is 12.7. The molecule has 138 valence electrons. The second kappa shape index (κ2) is 7.44. The van der Waals surface area contributed by atoms with Crippen LogP contribution in [0.1, 0.15) is 46.0 Å². The van der Waals surface area contributed by atoms with Crippen molar-refractivity contribution >= 4 is 22.4 Å². The van der Waals surface area contributed by atoms with Gasteiger partial charge in [0.2, 0.25) is 5.43 Å². The topological polar surface area (TPSA) is 76.9 Å². The Hall–Kier alpha value is -2.80. The minimum absolute atomic E-state index is 0.130. The number of benzene rings is 1. The van der Waals surface area contributed by atoms with Gasteiger partial charge >= 0.3 is 0 Å². The number of aryl methyl sites for hydroxylation is 3. The zero-order chi connectivity index (χ0) is 18.8. The number of nitrogens with zero attached hydrogens (tertiary/aromatic N) is 3. The first-order chi connectivity index (χ1) is 13.1. The summed E-state index contributed by atoms with van der Waals surface area (Å²) in [6, 6.07) is 10.9. The number of rotatable bonds is 3. The third-order valence-corrected chi connectivity index (χ3v) is 5.71. The van der Waals surface area contributed by atoms with E-state index in [0.717, 1.165) is 37.1 Å². The number of carbonyl (C=O) groups is 1. The number of aromatic nitrogens is 3. The largest absolute Gasteiger partial charge is 0.296 e. The van der Waals surface area contributed by atoms with Crippen molar-refractivity contribution in [3.63, 3.8) is 0 Å². The zero-order valence-electron chi connectivity index (χ0n) is 15.1. The Bertz CT molecular complexity index is 1020. The lowest BCUT2D eigenvalue weighted by atomic mass is 10.2. The quantitative estimate of drug-likeness (QED) is 0.706. The van der Waals surface area contributed by atoms with Crippen molar-refractivity contribution < 1.29 is 4.79 Å². The van der Waals surface area contributed by atoms with Crippen molar-refractivity contribution in [2.45, 2.75) is 39.0 Å². The van der Waals surface area contributed by atoms with Crippen LogP contribution < -0.4 is 10.7 Å². The zero-order valence-corrected chi connectivity index (χ0v) is 15.9. The molecule has 0 radical (unpaired) electrons. The van der Waals surface area contributed by atoms with Gasteiger partial charge in [0.1, 0.15) is 0 Å². The summed E-state index contributed by atoms with van der Waals surface area (Å²) in [5.74, 6) is -0.520. The van der Waals surface area contributed by atoms with Gasteiger partial charge in [-0.25, -0.2) is 9.67 Å². The highest BCUT2D eigenvalue weighted by Crippen LogP contribution is 2.29. The van der Waals surface area contributed by atoms with Crippen LogP contribution in [0.3, 0.4) is 0 Å². The van der Waals surface area contributed by atoms with Crippen LogP contribution in [0.4, 0.5) is 5.13 Å². The molecule has 1 aromatic carbocycles. The molecule has 4 rings (SSSR count). The Balaban J connectivity index is 1.63. The predicted octanol–water partition coefficient (Wildman–Crippen LogP) is 3.52. The van der Waals surface area contributed by atoms with Crippen LogP contribution in [0.2, 0.25) is 0 Å². The third kappa shape index (κ3) is 3.68. The molecule has 1 aliphatic rings. The third-order valence-electron chi connectivity index (χ3n) is 4.64. The van der Waals surface area contributed by atoms with E-state index in [9.17, 15) is 9.59 Å². The smallest absolute Gasteiger partial charge is 0.281 e. The molecule has 0 saturated carbocycles. The second-order valence-electron chi connectivity index (χ2n) is 6.65. The van der Waals surface area contributed by atoms with Crippen molar-refractivity contribution in [3.05, 3.63) is 68.6 Å². The maximum Gasteiger partial charge on any atom is 0.281 e. The molecule has 0 bridgehead atoms. The van der Waals surface area contributed by atoms with Crippen molar-refractivity contribution in [2.24, 2.45) is 0 Å². The molecule has 1 aliphatic carbocycles. The van der Waals surface area contributed by atoms with Crippen molar-refractivity contribution in [3.8, 4) is 5.69 Å². The Labute approximate surface area is 160 Å². The van der Waals surface area contributed by atoms with Gasteiger partial charge in [-0.05, 0) is 44.7 Å². The number of anilines is 1. The van der Waals surface area contributed by atoms with E-state index in [2.05, 4.69) is 15.4 Å². The minimum atomic E-state index is -0.520. The van der Waals surface area contributed by atoms with Gasteiger partial charge in [0.15, 0.2) is 10.8 Å². The van der Waals surface area contributed by atoms with Crippen LogP contribution in [0.25, 0.3) is 5.69 Å². The van der Waals surface area contributed by atoms with Gasteiger partial charge in [-0.15, -0.1) is 11.3 Å². The first kappa shape index (κ1) is 17.6. The average molecular weight is 380 g/mol. The summed E-state index contributed by atoms with van der Waals surface area (Å²) in [5.41, 5.74) is 2.02. The molecule has 1 amide bonds. The van der Waals surface area contributed by atoms with Crippen LogP contribution in [-0.4, -0.2) is 20.7 Å². The molecular weight excluding hydrogens is 360 g/mol. The molecule has 0 fully saturated rings. The molecule has 0 aliphatic heterocycles. The fourth-order valence-electron chi connectivity index (χ4n) is 3.27. The Morgan fingerprint density at radius 2 is 1.93 bits per heavy atom. The molecule has 0 spiro atoms. The van der Waals surface area contributed by atoms with Crippen LogP contribution in [0, 0.1) is 6.92 Å². The monoisotopic (exact) mass is 380 g/mol. The van der Waals surface area contributed by atoms with Gasteiger partial charge in [0, 0.05) is 16.6 Å². The number of carbonyl (C=O) groups excluding carboxylic acids is 1. The van der Waals surface area contributed by atoms with E-state index < -0.39 is 11.3 Å². The molecule has 7 heteroatoms. The fourth-order valence-corrected chi connectivity index (χ4v) is 4.32. The molecule has 2 aromatic heterocycles. The lowest BCUT2D eigenvalue weighted by Crippen LogP contribution is -2.26. The molecule has 3 aromatic rings. The van der Waals surface area contributed by atoms with E-state index in [1.54, 1.807) is 11.6 Å². The summed E-state index contributed by atoms with van der Waals surface area (Å²) < 4.78 is 1.60. The van der Waals surface area contributed by atoms with Gasteiger partial charge in [0.05, 0.1) is 11.4 Å². The minimum Gasteiger partial charge on any atom is -0.296 e. The van der Waals surface area contributed by atoms with E-state index in [0.29, 0.717) is 10.8 Å². The van der Waals surface area contributed by atoms with Crippen molar-refractivity contribution in [1.82, 2.24) is 14.8 Å². The summed E-state index contributed by atoms with van der Waals surface area (Å²) in [6.07, 6.45) is 5.46. The van der Waals surface area contributed by atoms with Gasteiger partial charge < -0.3 is 0 Å². The highest BCUT2D eigenvalue weighted by molar-refractivity contribution is 7.15. The van der Waals surface area contributed by atoms with E-state index in [-0.39, 0.29) is 5.69 Å². The maximum absolute atomic E-state index is 12.7. The lowest BCUT2D eigenvalue weighted by Gasteiger charge is -2.10. The fraction of sp³-hybridized carbons (Fsp3) is 0.300. The van der Waals surface area contributed by atoms with Gasteiger partial charge in [0.25, 0.3) is 5.91 Å². The van der Waals surface area contributed by atoms with Gasteiger partial charge in [-0.1, -0.05) is 24.6 Å². The van der Waals surface area contributed by atoms with E-state index in [1.807, 2.05) is 30.3 Å². The van der Waals surface area contributed by atoms with E-state index in [1.165, 1.54) is 28.7 Å². The summed E-state index contributed by atoms with van der Waals surface area (Å²) in [6.45, 7) is 1.79. The second-order valence-corrected chi connectivity index (χ2v) is 7.73. The summed E-state index contributed by atoms with van der Waals surface area (Å²) in [7, 11) is 0. The van der Waals surface area contributed by atoms with Gasteiger partial charge in [-0.3, -0.25) is 14.9 Å². The highest BCUT2D eigenvalue weighted by atomic mass is 32.1.